The van der Waals surface area contributed by atoms with Crippen LogP contribution < -0.4 is 5.32 Å². The maximum atomic E-state index is 12.4. The van der Waals surface area contributed by atoms with Gasteiger partial charge in [0, 0.05) is 38.6 Å². The fraction of sp³-hybridized carbons (Fsp3) is 0.471. The van der Waals surface area contributed by atoms with Gasteiger partial charge in [-0.05, 0) is 24.1 Å². The third-order valence-electron chi connectivity index (χ3n) is 4.43. The lowest BCUT2D eigenvalue weighted by Crippen LogP contribution is -2.53. The van der Waals surface area contributed by atoms with Gasteiger partial charge in [0.15, 0.2) is 0 Å². The average Bonchev–Trinajstić information content (AvgIpc) is 2.89. The summed E-state index contributed by atoms with van der Waals surface area (Å²) in [6, 6.07) is 9.85. The Morgan fingerprint density at radius 1 is 1.43 bits per heavy atom. The molecule has 0 bridgehead atoms. The van der Waals surface area contributed by atoms with E-state index in [4.69, 9.17) is 5.26 Å². The molecule has 2 heterocycles. The van der Waals surface area contributed by atoms with E-state index in [2.05, 4.69) is 16.3 Å². The van der Waals surface area contributed by atoms with Gasteiger partial charge in [-0.15, -0.1) is 0 Å². The monoisotopic (exact) mass is 312 g/mol. The normalized spacial score (nSPS) is 24.2. The molecule has 6 heteroatoms. The molecule has 1 aromatic carbocycles. The number of nitrogens with one attached hydrogen (secondary N) is 1. The number of carbonyl (C=O) groups is 2. The van der Waals surface area contributed by atoms with E-state index in [9.17, 15) is 9.59 Å². The Balaban J connectivity index is 1.65. The Morgan fingerprint density at radius 2 is 2.26 bits per heavy atom. The summed E-state index contributed by atoms with van der Waals surface area (Å²) in [5, 5.41) is 11.9. The van der Waals surface area contributed by atoms with E-state index in [1.165, 1.54) is 6.92 Å². The largest absolute Gasteiger partial charge is 0.352 e. The first-order valence-corrected chi connectivity index (χ1v) is 7.83. The van der Waals surface area contributed by atoms with Gasteiger partial charge in [0.1, 0.15) is 0 Å². The predicted octanol–water partition coefficient (Wildman–Crippen LogP) is 0.479. The van der Waals surface area contributed by atoms with Crippen molar-refractivity contribution in [3.05, 3.63) is 35.4 Å². The van der Waals surface area contributed by atoms with Gasteiger partial charge in [0.2, 0.25) is 11.8 Å². The minimum absolute atomic E-state index is 0.0486. The number of fused-ring (bicyclic) bond motifs is 1. The second-order valence-electron chi connectivity index (χ2n) is 6.31. The number of rotatable bonds is 3. The van der Waals surface area contributed by atoms with Crippen LogP contribution in [0.15, 0.2) is 24.3 Å². The Kier molecular flexibility index (Phi) is 4.30. The molecule has 0 aliphatic carbocycles. The molecular weight excluding hydrogens is 292 g/mol. The molecule has 1 N–H and O–H groups in total. The molecular formula is C17H20N4O2. The number of nitrogens with zero attached hydrogens (tertiary/aromatic N) is 3. The SMILES string of the molecule is CC(=O)NC1CC2CN(Cc3cccc(C#N)c3)CC(=O)N2C1. The second kappa shape index (κ2) is 6.39. The lowest BCUT2D eigenvalue weighted by atomic mass is 10.1. The van der Waals surface area contributed by atoms with Gasteiger partial charge in [-0.1, -0.05) is 12.1 Å². The number of carbonyl (C=O) groups excluding carboxylic acids is 2. The smallest absolute Gasteiger partial charge is 0.237 e. The van der Waals surface area contributed by atoms with Gasteiger partial charge in [0.25, 0.3) is 0 Å². The first kappa shape index (κ1) is 15.5. The second-order valence-corrected chi connectivity index (χ2v) is 6.31. The predicted molar refractivity (Wildman–Crippen MR) is 84.2 cm³/mol. The number of piperazine rings is 1. The van der Waals surface area contributed by atoms with Crippen molar-refractivity contribution in [1.29, 1.82) is 5.26 Å². The molecule has 0 radical (unpaired) electrons. The molecule has 2 aliphatic heterocycles. The van der Waals surface area contributed by atoms with Crippen molar-refractivity contribution in [2.45, 2.75) is 32.0 Å². The molecule has 1 aromatic rings. The summed E-state index contributed by atoms with van der Waals surface area (Å²) in [4.78, 5) is 27.6. The average molecular weight is 312 g/mol. The van der Waals surface area contributed by atoms with Gasteiger partial charge in [0.05, 0.1) is 18.2 Å². The minimum atomic E-state index is -0.0486. The van der Waals surface area contributed by atoms with Crippen molar-refractivity contribution < 1.29 is 9.59 Å². The first-order valence-electron chi connectivity index (χ1n) is 7.83. The van der Waals surface area contributed by atoms with Crippen LogP contribution >= 0.6 is 0 Å². The highest BCUT2D eigenvalue weighted by molar-refractivity contribution is 5.80. The summed E-state index contributed by atoms with van der Waals surface area (Å²) in [5.41, 5.74) is 1.68. The van der Waals surface area contributed by atoms with Crippen molar-refractivity contribution in [1.82, 2.24) is 15.1 Å². The third-order valence-corrected chi connectivity index (χ3v) is 4.43. The molecule has 3 rings (SSSR count). The third kappa shape index (κ3) is 3.51. The molecule has 2 saturated heterocycles. The highest BCUT2D eigenvalue weighted by Crippen LogP contribution is 2.24. The maximum Gasteiger partial charge on any atom is 0.237 e. The molecule has 2 aliphatic rings. The molecule has 2 fully saturated rings. The van der Waals surface area contributed by atoms with Gasteiger partial charge in [-0.3, -0.25) is 14.5 Å². The lowest BCUT2D eigenvalue weighted by molar-refractivity contribution is -0.138. The fourth-order valence-electron chi connectivity index (χ4n) is 3.55. The highest BCUT2D eigenvalue weighted by Gasteiger charge is 2.40. The number of amides is 2. The summed E-state index contributed by atoms with van der Waals surface area (Å²) >= 11 is 0. The quantitative estimate of drug-likeness (QED) is 0.881. The zero-order chi connectivity index (χ0) is 16.4. The number of hydrogen-bond donors (Lipinski definition) is 1. The first-order chi connectivity index (χ1) is 11.0. The van der Waals surface area contributed by atoms with Gasteiger partial charge >= 0.3 is 0 Å². The molecule has 120 valence electrons. The number of nitriles is 1. The molecule has 0 saturated carbocycles. The maximum absolute atomic E-state index is 12.4. The topological polar surface area (TPSA) is 76.4 Å². The van der Waals surface area contributed by atoms with E-state index in [0.29, 0.717) is 25.2 Å². The van der Waals surface area contributed by atoms with Crippen molar-refractivity contribution in [3.63, 3.8) is 0 Å². The number of hydrogen-bond acceptors (Lipinski definition) is 4. The van der Waals surface area contributed by atoms with Crippen molar-refractivity contribution >= 4 is 11.8 Å². The molecule has 2 atom stereocenters. The summed E-state index contributed by atoms with van der Waals surface area (Å²) < 4.78 is 0. The van der Waals surface area contributed by atoms with Crippen molar-refractivity contribution in [2.24, 2.45) is 0 Å². The molecule has 2 unspecified atom stereocenters. The molecule has 2 amide bonds. The van der Waals surface area contributed by atoms with Crippen LogP contribution in [0.1, 0.15) is 24.5 Å². The van der Waals surface area contributed by atoms with E-state index in [1.54, 1.807) is 6.07 Å². The van der Waals surface area contributed by atoms with Gasteiger partial charge in [-0.25, -0.2) is 0 Å². The summed E-state index contributed by atoms with van der Waals surface area (Å²) in [6.07, 6.45) is 0.806. The van der Waals surface area contributed by atoms with Crippen LogP contribution in [0.4, 0.5) is 0 Å². The van der Waals surface area contributed by atoms with Crippen LogP contribution in [0.25, 0.3) is 0 Å². The van der Waals surface area contributed by atoms with E-state index >= 15 is 0 Å². The van der Waals surface area contributed by atoms with Crippen LogP contribution in [0, 0.1) is 11.3 Å². The Bertz CT molecular complexity index is 667. The van der Waals surface area contributed by atoms with E-state index in [0.717, 1.165) is 18.5 Å². The van der Waals surface area contributed by atoms with Gasteiger partial charge < -0.3 is 10.2 Å². The Labute approximate surface area is 135 Å². The van der Waals surface area contributed by atoms with Crippen LogP contribution in [-0.4, -0.2) is 53.3 Å². The zero-order valence-electron chi connectivity index (χ0n) is 13.2. The Morgan fingerprint density at radius 3 is 3.00 bits per heavy atom. The standard InChI is InChI=1S/C17H20N4O2/c1-12(22)19-15-6-16-10-20(11-17(23)21(16)9-15)8-14-4-2-3-13(5-14)7-18/h2-5,15-16H,6,8-11H2,1H3,(H,19,22). The van der Waals surface area contributed by atoms with Crippen molar-refractivity contribution in [3.8, 4) is 6.07 Å². The van der Waals surface area contributed by atoms with E-state index in [1.807, 2.05) is 23.1 Å². The molecule has 0 aromatic heterocycles. The molecule has 6 nitrogen and oxygen atoms in total. The summed E-state index contributed by atoms with van der Waals surface area (Å²) in [6.45, 7) is 3.98. The highest BCUT2D eigenvalue weighted by atomic mass is 16.2. The zero-order valence-corrected chi connectivity index (χ0v) is 13.2. The molecule has 23 heavy (non-hydrogen) atoms. The fourth-order valence-corrected chi connectivity index (χ4v) is 3.55. The van der Waals surface area contributed by atoms with E-state index in [-0.39, 0.29) is 23.9 Å². The van der Waals surface area contributed by atoms with Crippen LogP contribution in [0.3, 0.4) is 0 Å². The van der Waals surface area contributed by atoms with Crippen LogP contribution in [0.2, 0.25) is 0 Å². The Hall–Kier alpha value is -2.39. The number of benzene rings is 1. The lowest BCUT2D eigenvalue weighted by Gasteiger charge is -2.36. The van der Waals surface area contributed by atoms with Gasteiger partial charge in [-0.2, -0.15) is 5.26 Å². The van der Waals surface area contributed by atoms with Crippen molar-refractivity contribution in [2.75, 3.05) is 19.6 Å². The van der Waals surface area contributed by atoms with E-state index < -0.39 is 0 Å². The molecule has 0 spiro atoms. The van der Waals surface area contributed by atoms with Crippen LogP contribution in [0.5, 0.6) is 0 Å². The minimum Gasteiger partial charge on any atom is -0.352 e. The summed E-state index contributed by atoms with van der Waals surface area (Å²) in [7, 11) is 0. The van der Waals surface area contributed by atoms with Crippen LogP contribution in [-0.2, 0) is 16.1 Å². The summed E-state index contributed by atoms with van der Waals surface area (Å²) in [5.74, 6) is 0.0676.